The molecule has 0 spiro atoms. The van der Waals surface area contributed by atoms with Gasteiger partial charge in [-0.2, -0.15) is 0 Å². The van der Waals surface area contributed by atoms with Crippen LogP contribution in [-0.4, -0.2) is 42.9 Å². The highest BCUT2D eigenvalue weighted by atomic mass is 35.5. The van der Waals surface area contributed by atoms with Gasteiger partial charge in [-0.05, 0) is 23.6 Å². The molecule has 3 rings (SSSR count). The Morgan fingerprint density at radius 2 is 2.05 bits per heavy atom. The molecule has 1 fully saturated rings. The van der Waals surface area contributed by atoms with Crippen LogP contribution in [0.4, 0.5) is 5.00 Å². The first-order valence-electron chi connectivity index (χ1n) is 6.68. The summed E-state index contributed by atoms with van der Waals surface area (Å²) in [5.41, 5.74) is 0.529. The van der Waals surface area contributed by atoms with Gasteiger partial charge in [0.25, 0.3) is 11.8 Å². The van der Waals surface area contributed by atoms with Crippen LogP contribution in [0.15, 0.2) is 34.3 Å². The highest BCUT2D eigenvalue weighted by Crippen LogP contribution is 2.25. The van der Waals surface area contributed by atoms with Crippen LogP contribution < -0.4 is 10.6 Å². The lowest BCUT2D eigenvalue weighted by Gasteiger charge is -2.27. The topological polar surface area (TPSA) is 74.6 Å². The molecule has 2 N–H and O–H groups in total. The number of hydrogen-bond acceptors (Lipinski definition) is 5. The molecule has 0 bridgehead atoms. The fourth-order valence-electron chi connectivity index (χ4n) is 2.19. The summed E-state index contributed by atoms with van der Waals surface area (Å²) in [7, 11) is 0. The van der Waals surface area contributed by atoms with E-state index in [0.29, 0.717) is 23.7 Å². The highest BCUT2D eigenvalue weighted by Gasteiger charge is 2.22. The third-order valence-corrected chi connectivity index (χ3v) is 4.10. The quantitative estimate of drug-likeness (QED) is 0.896. The van der Waals surface area contributed by atoms with Crippen LogP contribution in [0.25, 0.3) is 0 Å². The van der Waals surface area contributed by atoms with E-state index >= 15 is 0 Å². The summed E-state index contributed by atoms with van der Waals surface area (Å²) in [6, 6.07) is 4.98. The number of anilines is 1. The summed E-state index contributed by atoms with van der Waals surface area (Å²) in [4.78, 5) is 26.3. The number of furan rings is 1. The predicted octanol–water partition coefficient (Wildman–Crippen LogP) is 2.06. The summed E-state index contributed by atoms with van der Waals surface area (Å²) in [5, 5.41) is 8.30. The number of nitrogens with one attached hydrogen (secondary N) is 2. The van der Waals surface area contributed by atoms with Gasteiger partial charge >= 0.3 is 0 Å². The Bertz CT molecular complexity index is 636. The molecule has 0 aromatic carbocycles. The Balaban J connectivity index is 0.00000176. The molecule has 0 atom stereocenters. The van der Waals surface area contributed by atoms with Gasteiger partial charge in [-0.25, -0.2) is 0 Å². The maximum absolute atomic E-state index is 12.5. The van der Waals surface area contributed by atoms with Gasteiger partial charge in [-0.1, -0.05) is 0 Å². The molecule has 0 radical (unpaired) electrons. The number of rotatable bonds is 3. The molecule has 0 unspecified atom stereocenters. The van der Waals surface area contributed by atoms with Crippen molar-refractivity contribution in [3.05, 3.63) is 41.2 Å². The fraction of sp³-hybridized carbons (Fsp3) is 0.286. The van der Waals surface area contributed by atoms with Gasteiger partial charge in [-0.3, -0.25) is 9.59 Å². The lowest BCUT2D eigenvalue weighted by atomic mass is 10.2. The van der Waals surface area contributed by atoms with E-state index in [1.54, 1.807) is 28.5 Å². The van der Waals surface area contributed by atoms with E-state index < -0.39 is 0 Å². The van der Waals surface area contributed by atoms with Crippen molar-refractivity contribution in [2.24, 2.45) is 0 Å². The van der Waals surface area contributed by atoms with E-state index in [4.69, 9.17) is 4.42 Å². The zero-order valence-corrected chi connectivity index (χ0v) is 13.3. The number of hydrogen-bond donors (Lipinski definition) is 2. The molecule has 2 aromatic heterocycles. The number of carbonyl (C=O) groups is 2. The second kappa shape index (κ2) is 7.44. The van der Waals surface area contributed by atoms with Gasteiger partial charge in [0.15, 0.2) is 5.76 Å². The van der Waals surface area contributed by atoms with Crippen LogP contribution in [0.5, 0.6) is 0 Å². The minimum Gasteiger partial charge on any atom is -0.459 e. The largest absolute Gasteiger partial charge is 0.459 e. The molecule has 6 nitrogen and oxygen atoms in total. The molecule has 8 heteroatoms. The van der Waals surface area contributed by atoms with Crippen LogP contribution in [0.2, 0.25) is 0 Å². The van der Waals surface area contributed by atoms with Crippen LogP contribution in [0, 0.1) is 0 Å². The third kappa shape index (κ3) is 3.49. The lowest BCUT2D eigenvalue weighted by molar-refractivity contribution is 0.0737. The smallest absolute Gasteiger partial charge is 0.291 e. The van der Waals surface area contributed by atoms with E-state index in [2.05, 4.69) is 10.6 Å². The van der Waals surface area contributed by atoms with E-state index in [1.165, 1.54) is 17.6 Å². The van der Waals surface area contributed by atoms with Crippen molar-refractivity contribution in [1.29, 1.82) is 0 Å². The molecule has 118 valence electrons. The molecular weight excluding hydrogens is 326 g/mol. The van der Waals surface area contributed by atoms with Crippen molar-refractivity contribution in [3.8, 4) is 0 Å². The Labute approximate surface area is 137 Å². The number of thiophene rings is 1. The predicted molar refractivity (Wildman–Crippen MR) is 87.0 cm³/mol. The number of piperazine rings is 1. The summed E-state index contributed by atoms with van der Waals surface area (Å²) in [6.07, 6.45) is 1.44. The van der Waals surface area contributed by atoms with Crippen molar-refractivity contribution in [1.82, 2.24) is 10.2 Å². The van der Waals surface area contributed by atoms with E-state index in [1.807, 2.05) is 0 Å². The molecule has 2 aromatic rings. The standard InChI is InChI=1S/C14H15N3O3S.ClH/c18-12(11-2-1-8-20-11)16-13-10(3-9-21-13)14(19)17-6-4-15-5-7-17;/h1-3,8-9,15H,4-7H2,(H,16,18);1H. The molecule has 0 aliphatic carbocycles. The zero-order chi connectivity index (χ0) is 14.7. The van der Waals surface area contributed by atoms with E-state index in [0.717, 1.165) is 13.1 Å². The Hall–Kier alpha value is -1.83. The van der Waals surface area contributed by atoms with Gasteiger partial charge in [0.2, 0.25) is 0 Å². The fourth-order valence-corrected chi connectivity index (χ4v) is 2.96. The second-order valence-electron chi connectivity index (χ2n) is 4.64. The SMILES string of the molecule is Cl.O=C(Nc1sccc1C(=O)N1CCNCC1)c1ccco1. The van der Waals surface area contributed by atoms with Crippen molar-refractivity contribution in [3.63, 3.8) is 0 Å². The van der Waals surface area contributed by atoms with Gasteiger partial charge in [-0.15, -0.1) is 23.7 Å². The van der Waals surface area contributed by atoms with Gasteiger partial charge in [0, 0.05) is 26.2 Å². The number of carbonyl (C=O) groups excluding carboxylic acids is 2. The molecule has 1 aliphatic heterocycles. The molecule has 0 saturated carbocycles. The van der Waals surface area contributed by atoms with Crippen molar-refractivity contribution < 1.29 is 14.0 Å². The Morgan fingerprint density at radius 1 is 1.27 bits per heavy atom. The maximum Gasteiger partial charge on any atom is 0.291 e. The average Bonchev–Trinajstić information content (AvgIpc) is 3.19. The molecule has 2 amide bonds. The monoisotopic (exact) mass is 341 g/mol. The average molecular weight is 342 g/mol. The van der Waals surface area contributed by atoms with Gasteiger partial charge in [0.1, 0.15) is 5.00 Å². The van der Waals surface area contributed by atoms with Crippen LogP contribution in [-0.2, 0) is 0 Å². The second-order valence-corrected chi connectivity index (χ2v) is 5.55. The number of nitrogens with zero attached hydrogens (tertiary/aromatic N) is 1. The minimum atomic E-state index is -0.350. The van der Waals surface area contributed by atoms with Gasteiger partial charge < -0.3 is 20.0 Å². The Morgan fingerprint density at radius 3 is 2.73 bits per heavy atom. The number of amides is 2. The highest BCUT2D eigenvalue weighted by molar-refractivity contribution is 7.14. The van der Waals surface area contributed by atoms with Crippen molar-refractivity contribution in [2.75, 3.05) is 31.5 Å². The third-order valence-electron chi connectivity index (χ3n) is 3.27. The van der Waals surface area contributed by atoms with Crippen LogP contribution >= 0.6 is 23.7 Å². The first kappa shape index (κ1) is 16.5. The lowest BCUT2D eigenvalue weighted by Crippen LogP contribution is -2.46. The van der Waals surface area contributed by atoms with Crippen molar-refractivity contribution in [2.45, 2.75) is 0 Å². The first-order valence-corrected chi connectivity index (χ1v) is 7.56. The first-order chi connectivity index (χ1) is 10.3. The molecular formula is C14H16ClN3O3S. The molecule has 3 heterocycles. The molecule has 1 aliphatic rings. The molecule has 1 saturated heterocycles. The Kier molecular flexibility index (Phi) is 5.59. The summed E-state index contributed by atoms with van der Waals surface area (Å²) in [6.45, 7) is 2.95. The molecule has 22 heavy (non-hydrogen) atoms. The minimum absolute atomic E-state index is 0. The van der Waals surface area contributed by atoms with E-state index in [-0.39, 0.29) is 30.0 Å². The van der Waals surface area contributed by atoms with Gasteiger partial charge in [0.05, 0.1) is 11.8 Å². The van der Waals surface area contributed by atoms with Crippen LogP contribution in [0.3, 0.4) is 0 Å². The number of halogens is 1. The summed E-state index contributed by atoms with van der Waals surface area (Å²) < 4.78 is 5.05. The zero-order valence-electron chi connectivity index (χ0n) is 11.7. The van der Waals surface area contributed by atoms with Crippen LogP contribution in [0.1, 0.15) is 20.9 Å². The van der Waals surface area contributed by atoms with E-state index in [9.17, 15) is 9.59 Å². The maximum atomic E-state index is 12.5. The van der Waals surface area contributed by atoms with Crippen molar-refractivity contribution >= 4 is 40.6 Å². The summed E-state index contributed by atoms with van der Waals surface area (Å²) in [5.74, 6) is -0.173. The normalized spacial score (nSPS) is 14.3. The summed E-state index contributed by atoms with van der Waals surface area (Å²) >= 11 is 1.33.